The Morgan fingerprint density at radius 1 is 1.32 bits per heavy atom. The first-order chi connectivity index (χ1) is 8.66. The Bertz CT molecular complexity index is 529. The molecule has 0 fully saturated rings. The fourth-order valence-electron chi connectivity index (χ4n) is 1.36. The van der Waals surface area contributed by atoms with E-state index in [2.05, 4.69) is 10.1 Å². The van der Waals surface area contributed by atoms with Crippen molar-refractivity contribution in [3.05, 3.63) is 26.8 Å². The van der Waals surface area contributed by atoms with Gasteiger partial charge in [0, 0.05) is 10.5 Å². The van der Waals surface area contributed by atoms with E-state index in [1.54, 1.807) is 0 Å². The smallest absolute Gasteiger partial charge is 0.417 e. The number of amides is 1. The van der Waals surface area contributed by atoms with E-state index in [4.69, 9.17) is 0 Å². The number of carbonyl (C=O) groups excluding carboxylic acids is 2. The number of hydrogen-bond donors (Lipinski definition) is 1. The molecule has 0 saturated heterocycles. The van der Waals surface area contributed by atoms with Gasteiger partial charge >= 0.3 is 12.1 Å². The van der Waals surface area contributed by atoms with Crippen molar-refractivity contribution >= 4 is 40.2 Å². The molecule has 19 heavy (non-hydrogen) atoms. The van der Waals surface area contributed by atoms with E-state index in [1.807, 2.05) is 0 Å². The number of alkyl halides is 3. The Balaban J connectivity index is 3.45. The summed E-state index contributed by atoms with van der Waals surface area (Å²) in [6, 6.07) is 1.75. The van der Waals surface area contributed by atoms with Gasteiger partial charge in [0.05, 0.1) is 23.9 Å². The second kappa shape index (κ2) is 5.76. The fraction of sp³-hybridized carbons (Fsp3) is 0.273. The molecule has 1 amide bonds. The van der Waals surface area contributed by atoms with Crippen molar-refractivity contribution in [2.75, 3.05) is 12.4 Å². The zero-order chi connectivity index (χ0) is 14.8. The number of halogens is 4. The number of carbonyl (C=O) groups is 2. The van der Waals surface area contributed by atoms with E-state index in [9.17, 15) is 22.8 Å². The van der Waals surface area contributed by atoms with Crippen molar-refractivity contribution in [2.24, 2.45) is 0 Å². The predicted molar refractivity (Wildman–Crippen MR) is 69.8 cm³/mol. The molecule has 0 aromatic heterocycles. The summed E-state index contributed by atoms with van der Waals surface area (Å²) >= 11 is 1.47. The standard InChI is InChI=1S/C11H9F3INO3/c1-5(17)16-9-4-7(11(12,13)14)8(15)3-6(9)10(18)19-2/h3-4H,1-2H3,(H,16,17). The van der Waals surface area contributed by atoms with Crippen LogP contribution in [0.15, 0.2) is 12.1 Å². The van der Waals surface area contributed by atoms with Gasteiger partial charge in [0.1, 0.15) is 0 Å². The first-order valence-electron chi connectivity index (χ1n) is 4.93. The second-order valence-electron chi connectivity index (χ2n) is 3.55. The quantitative estimate of drug-likeness (QED) is 0.627. The third-order valence-electron chi connectivity index (χ3n) is 2.13. The molecular formula is C11H9F3INO3. The van der Waals surface area contributed by atoms with Crippen LogP contribution in [0.1, 0.15) is 22.8 Å². The highest BCUT2D eigenvalue weighted by Gasteiger charge is 2.34. The number of nitrogens with one attached hydrogen (secondary N) is 1. The van der Waals surface area contributed by atoms with E-state index < -0.39 is 23.6 Å². The maximum Gasteiger partial charge on any atom is 0.417 e. The van der Waals surface area contributed by atoms with Gasteiger partial charge in [0.15, 0.2) is 0 Å². The summed E-state index contributed by atoms with van der Waals surface area (Å²) in [6.07, 6.45) is -4.57. The molecule has 0 aliphatic rings. The van der Waals surface area contributed by atoms with Gasteiger partial charge in [-0.05, 0) is 34.7 Å². The van der Waals surface area contributed by atoms with Crippen LogP contribution < -0.4 is 5.32 Å². The van der Waals surface area contributed by atoms with Crippen molar-refractivity contribution in [3.63, 3.8) is 0 Å². The summed E-state index contributed by atoms with van der Waals surface area (Å²) in [5.74, 6) is -1.41. The van der Waals surface area contributed by atoms with Gasteiger partial charge < -0.3 is 10.1 Å². The molecular weight excluding hydrogens is 378 g/mol. The third kappa shape index (κ3) is 3.82. The lowest BCUT2D eigenvalue weighted by molar-refractivity contribution is -0.138. The molecule has 1 aromatic rings. The van der Waals surface area contributed by atoms with Crippen molar-refractivity contribution in [1.82, 2.24) is 0 Å². The van der Waals surface area contributed by atoms with Gasteiger partial charge in [-0.3, -0.25) is 4.79 Å². The minimum absolute atomic E-state index is 0.130. The molecule has 0 atom stereocenters. The molecule has 104 valence electrons. The molecule has 4 nitrogen and oxygen atoms in total. The van der Waals surface area contributed by atoms with E-state index >= 15 is 0 Å². The van der Waals surface area contributed by atoms with E-state index in [0.717, 1.165) is 26.2 Å². The van der Waals surface area contributed by atoms with Crippen LogP contribution in [-0.2, 0) is 15.7 Å². The fourth-order valence-corrected chi connectivity index (χ4v) is 2.14. The normalized spacial score (nSPS) is 11.1. The lowest BCUT2D eigenvalue weighted by Crippen LogP contribution is -2.16. The first-order valence-corrected chi connectivity index (χ1v) is 6.01. The number of esters is 1. The second-order valence-corrected chi connectivity index (χ2v) is 4.71. The highest BCUT2D eigenvalue weighted by molar-refractivity contribution is 14.1. The lowest BCUT2D eigenvalue weighted by atomic mass is 10.1. The zero-order valence-electron chi connectivity index (χ0n) is 9.89. The average molecular weight is 387 g/mol. The van der Waals surface area contributed by atoms with Gasteiger partial charge in [-0.1, -0.05) is 0 Å². The third-order valence-corrected chi connectivity index (χ3v) is 3.02. The van der Waals surface area contributed by atoms with Crippen LogP contribution in [0.4, 0.5) is 18.9 Å². The Morgan fingerprint density at radius 2 is 1.89 bits per heavy atom. The minimum Gasteiger partial charge on any atom is -0.465 e. The zero-order valence-corrected chi connectivity index (χ0v) is 12.0. The maximum absolute atomic E-state index is 12.7. The molecule has 1 N–H and O–H groups in total. The van der Waals surface area contributed by atoms with Crippen LogP contribution in [0.3, 0.4) is 0 Å². The SMILES string of the molecule is COC(=O)c1cc(I)c(C(F)(F)F)cc1NC(C)=O. The minimum atomic E-state index is -4.57. The summed E-state index contributed by atoms with van der Waals surface area (Å²) in [6.45, 7) is 1.13. The number of methoxy groups -OCH3 is 1. The summed E-state index contributed by atoms with van der Waals surface area (Å²) in [4.78, 5) is 22.4. The molecule has 1 rings (SSSR count). The van der Waals surface area contributed by atoms with Crippen molar-refractivity contribution in [3.8, 4) is 0 Å². The van der Waals surface area contributed by atoms with Crippen molar-refractivity contribution in [1.29, 1.82) is 0 Å². The summed E-state index contributed by atoms with van der Waals surface area (Å²) in [5, 5.41) is 2.19. The largest absolute Gasteiger partial charge is 0.465 e. The van der Waals surface area contributed by atoms with Crippen LogP contribution in [0.5, 0.6) is 0 Å². The Morgan fingerprint density at radius 3 is 2.32 bits per heavy atom. The Kier molecular flexibility index (Phi) is 4.77. The van der Waals surface area contributed by atoms with Crippen LogP contribution >= 0.6 is 22.6 Å². The first kappa shape index (κ1) is 15.7. The lowest BCUT2D eigenvalue weighted by Gasteiger charge is -2.14. The molecule has 0 bridgehead atoms. The van der Waals surface area contributed by atoms with Crippen molar-refractivity contribution in [2.45, 2.75) is 13.1 Å². The molecule has 8 heteroatoms. The number of rotatable bonds is 2. The Labute approximate surface area is 120 Å². The van der Waals surface area contributed by atoms with Gasteiger partial charge in [-0.2, -0.15) is 13.2 Å². The summed E-state index contributed by atoms with van der Waals surface area (Å²) in [7, 11) is 1.10. The van der Waals surface area contributed by atoms with Gasteiger partial charge in [-0.25, -0.2) is 4.79 Å². The van der Waals surface area contributed by atoms with E-state index in [1.165, 1.54) is 22.6 Å². The van der Waals surface area contributed by atoms with Crippen LogP contribution in [0.25, 0.3) is 0 Å². The van der Waals surface area contributed by atoms with Gasteiger partial charge in [0.2, 0.25) is 5.91 Å². The highest BCUT2D eigenvalue weighted by Crippen LogP contribution is 2.36. The monoisotopic (exact) mass is 387 g/mol. The molecule has 0 aliphatic heterocycles. The van der Waals surface area contributed by atoms with Gasteiger partial charge in [0.25, 0.3) is 0 Å². The average Bonchev–Trinajstić information content (AvgIpc) is 2.27. The van der Waals surface area contributed by atoms with Crippen LogP contribution in [-0.4, -0.2) is 19.0 Å². The molecule has 0 heterocycles. The molecule has 0 unspecified atom stereocenters. The molecule has 0 saturated carbocycles. The van der Waals surface area contributed by atoms with Gasteiger partial charge in [-0.15, -0.1) is 0 Å². The number of benzene rings is 1. The van der Waals surface area contributed by atoms with Crippen LogP contribution in [0, 0.1) is 3.57 Å². The highest BCUT2D eigenvalue weighted by atomic mass is 127. The molecule has 0 aliphatic carbocycles. The predicted octanol–water partition coefficient (Wildman–Crippen LogP) is 3.06. The molecule has 0 radical (unpaired) electrons. The van der Waals surface area contributed by atoms with Crippen molar-refractivity contribution < 1.29 is 27.5 Å². The topological polar surface area (TPSA) is 55.4 Å². The summed E-state index contributed by atoms with van der Waals surface area (Å²) in [5.41, 5.74) is -1.29. The molecule has 0 spiro atoms. The molecule has 1 aromatic carbocycles. The number of hydrogen-bond acceptors (Lipinski definition) is 3. The summed E-state index contributed by atoms with van der Waals surface area (Å²) < 4.78 is 42.6. The van der Waals surface area contributed by atoms with Crippen LogP contribution in [0.2, 0.25) is 0 Å². The Hall–Kier alpha value is -1.32. The maximum atomic E-state index is 12.7. The van der Waals surface area contributed by atoms with E-state index in [0.29, 0.717) is 0 Å². The van der Waals surface area contributed by atoms with E-state index in [-0.39, 0.29) is 14.8 Å². The number of ether oxygens (including phenoxy) is 1. The number of anilines is 1.